The van der Waals surface area contributed by atoms with Crippen molar-refractivity contribution in [1.82, 2.24) is 5.32 Å². The number of hydrogen-bond acceptors (Lipinski definition) is 2. The molecule has 2 N–H and O–H groups in total. The van der Waals surface area contributed by atoms with Crippen molar-refractivity contribution in [3.63, 3.8) is 0 Å². The lowest BCUT2D eigenvalue weighted by Crippen LogP contribution is -2.43. The number of aliphatic hydroxyl groups is 1. The maximum absolute atomic E-state index is 10.2. The maximum Gasteiger partial charge on any atom is 0.0746 e. The fourth-order valence-corrected chi connectivity index (χ4v) is 2.36. The Hall–Kier alpha value is -0.0800. The van der Waals surface area contributed by atoms with Crippen molar-refractivity contribution >= 4 is 0 Å². The minimum Gasteiger partial charge on any atom is -0.389 e. The Morgan fingerprint density at radius 3 is 2.00 bits per heavy atom. The zero-order valence-electron chi connectivity index (χ0n) is 11.8. The molecule has 0 aliphatic heterocycles. The predicted octanol–water partition coefficient (Wildman–Crippen LogP) is 3.34. The molecule has 2 nitrogen and oxygen atoms in total. The Balaban J connectivity index is 3.96. The van der Waals surface area contributed by atoms with Gasteiger partial charge in [-0.2, -0.15) is 0 Å². The van der Waals surface area contributed by atoms with Gasteiger partial charge in [-0.15, -0.1) is 0 Å². The van der Waals surface area contributed by atoms with E-state index in [0.29, 0.717) is 12.0 Å². The van der Waals surface area contributed by atoms with Gasteiger partial charge < -0.3 is 10.4 Å². The first-order valence-corrected chi connectivity index (χ1v) is 6.87. The van der Waals surface area contributed by atoms with Crippen molar-refractivity contribution in [3.05, 3.63) is 0 Å². The molecule has 0 aromatic carbocycles. The van der Waals surface area contributed by atoms with Crippen LogP contribution in [0.4, 0.5) is 0 Å². The van der Waals surface area contributed by atoms with Crippen molar-refractivity contribution in [1.29, 1.82) is 0 Å². The third-order valence-electron chi connectivity index (χ3n) is 2.89. The van der Waals surface area contributed by atoms with Gasteiger partial charge in [-0.05, 0) is 32.1 Å². The quantitative estimate of drug-likeness (QED) is 0.635. The third-order valence-corrected chi connectivity index (χ3v) is 2.89. The molecular formula is C14H31NO. The first-order chi connectivity index (χ1) is 7.41. The summed E-state index contributed by atoms with van der Waals surface area (Å²) in [6.07, 6.45) is 5.72. The molecule has 0 heterocycles. The number of hydrogen-bond donors (Lipinski definition) is 2. The molecule has 2 heteroatoms. The molecule has 0 radical (unpaired) electrons. The summed E-state index contributed by atoms with van der Waals surface area (Å²) in [6.45, 7) is 11.4. The Kier molecular flexibility index (Phi) is 8.04. The minimum absolute atomic E-state index is 0.549. The fourth-order valence-electron chi connectivity index (χ4n) is 2.36. The Bertz CT molecular complexity index is 160. The van der Waals surface area contributed by atoms with Crippen LogP contribution in [0, 0.1) is 5.92 Å². The van der Waals surface area contributed by atoms with Crippen LogP contribution in [0.15, 0.2) is 0 Å². The summed E-state index contributed by atoms with van der Waals surface area (Å²) in [4.78, 5) is 0. The van der Waals surface area contributed by atoms with Gasteiger partial charge >= 0.3 is 0 Å². The molecule has 0 amide bonds. The highest BCUT2D eigenvalue weighted by Gasteiger charge is 2.22. The van der Waals surface area contributed by atoms with Crippen molar-refractivity contribution in [2.75, 3.05) is 6.54 Å². The molecule has 0 saturated heterocycles. The van der Waals surface area contributed by atoms with Crippen LogP contribution >= 0.6 is 0 Å². The summed E-state index contributed by atoms with van der Waals surface area (Å²) in [7, 11) is 0. The summed E-state index contributed by atoms with van der Waals surface area (Å²) >= 11 is 0. The lowest BCUT2D eigenvalue weighted by molar-refractivity contribution is 0.0352. The normalized spacial score (nSPS) is 15.8. The summed E-state index contributed by atoms with van der Waals surface area (Å²) in [5.74, 6) is 0.549. The van der Waals surface area contributed by atoms with Gasteiger partial charge in [0.2, 0.25) is 0 Å². The maximum atomic E-state index is 10.2. The topological polar surface area (TPSA) is 32.3 Å². The van der Waals surface area contributed by atoms with E-state index < -0.39 is 5.60 Å². The second-order valence-electron chi connectivity index (χ2n) is 5.75. The van der Waals surface area contributed by atoms with E-state index in [1.165, 1.54) is 25.7 Å². The van der Waals surface area contributed by atoms with E-state index in [4.69, 9.17) is 0 Å². The summed E-state index contributed by atoms with van der Waals surface area (Å²) in [6, 6.07) is 0.577. The lowest BCUT2D eigenvalue weighted by Gasteiger charge is -2.28. The molecule has 98 valence electrons. The molecule has 0 rings (SSSR count). The highest BCUT2D eigenvalue weighted by atomic mass is 16.3. The van der Waals surface area contributed by atoms with Crippen LogP contribution in [0.5, 0.6) is 0 Å². The second-order valence-corrected chi connectivity index (χ2v) is 5.75. The average Bonchev–Trinajstić information content (AvgIpc) is 2.13. The van der Waals surface area contributed by atoms with Crippen LogP contribution in [-0.4, -0.2) is 23.3 Å². The van der Waals surface area contributed by atoms with E-state index in [0.717, 1.165) is 13.0 Å². The molecular weight excluding hydrogens is 198 g/mol. The Labute approximate surface area is 102 Å². The van der Waals surface area contributed by atoms with Gasteiger partial charge in [0, 0.05) is 12.6 Å². The van der Waals surface area contributed by atoms with Crippen LogP contribution in [-0.2, 0) is 0 Å². The van der Waals surface area contributed by atoms with Crippen molar-refractivity contribution < 1.29 is 5.11 Å². The summed E-state index contributed by atoms with van der Waals surface area (Å²) in [5, 5.41) is 13.7. The zero-order chi connectivity index (χ0) is 12.6. The van der Waals surface area contributed by atoms with Gasteiger partial charge in [-0.3, -0.25) is 0 Å². The molecule has 0 bridgehead atoms. The SMILES string of the molecule is CCCC(CCC)NCC(C)(O)CC(C)C. The number of nitrogens with one attached hydrogen (secondary N) is 1. The van der Waals surface area contributed by atoms with E-state index >= 15 is 0 Å². The van der Waals surface area contributed by atoms with Crippen molar-refractivity contribution in [2.24, 2.45) is 5.92 Å². The standard InChI is InChI=1S/C14H31NO/c1-6-8-13(9-7-2)15-11-14(5,16)10-12(3)4/h12-13,15-16H,6-11H2,1-5H3. The monoisotopic (exact) mass is 229 g/mol. The van der Waals surface area contributed by atoms with E-state index in [1.807, 2.05) is 6.92 Å². The first kappa shape index (κ1) is 15.9. The van der Waals surface area contributed by atoms with Crippen LogP contribution < -0.4 is 5.32 Å². The van der Waals surface area contributed by atoms with E-state index in [9.17, 15) is 5.11 Å². The van der Waals surface area contributed by atoms with Crippen LogP contribution in [0.2, 0.25) is 0 Å². The Morgan fingerprint density at radius 2 is 1.62 bits per heavy atom. The van der Waals surface area contributed by atoms with Gasteiger partial charge in [0.25, 0.3) is 0 Å². The molecule has 0 aliphatic rings. The largest absolute Gasteiger partial charge is 0.389 e. The van der Waals surface area contributed by atoms with E-state index in [-0.39, 0.29) is 0 Å². The molecule has 1 unspecified atom stereocenters. The van der Waals surface area contributed by atoms with Crippen LogP contribution in [0.25, 0.3) is 0 Å². The molecule has 1 atom stereocenters. The van der Waals surface area contributed by atoms with Gasteiger partial charge in [-0.1, -0.05) is 40.5 Å². The van der Waals surface area contributed by atoms with Crippen molar-refractivity contribution in [2.45, 2.75) is 78.4 Å². The Morgan fingerprint density at radius 1 is 1.12 bits per heavy atom. The average molecular weight is 229 g/mol. The van der Waals surface area contributed by atoms with E-state index in [2.05, 4.69) is 33.0 Å². The lowest BCUT2D eigenvalue weighted by atomic mass is 9.93. The fraction of sp³-hybridized carbons (Fsp3) is 1.00. The molecule has 0 aliphatic carbocycles. The highest BCUT2D eigenvalue weighted by Crippen LogP contribution is 2.16. The third kappa shape index (κ3) is 8.12. The van der Waals surface area contributed by atoms with Gasteiger partial charge in [-0.25, -0.2) is 0 Å². The second kappa shape index (κ2) is 8.08. The molecule has 16 heavy (non-hydrogen) atoms. The van der Waals surface area contributed by atoms with Gasteiger partial charge in [0.05, 0.1) is 5.60 Å². The smallest absolute Gasteiger partial charge is 0.0746 e. The van der Waals surface area contributed by atoms with Crippen LogP contribution in [0.1, 0.15) is 66.7 Å². The zero-order valence-corrected chi connectivity index (χ0v) is 11.8. The summed E-state index contributed by atoms with van der Waals surface area (Å²) in [5.41, 5.74) is -0.562. The molecule has 0 aromatic rings. The molecule has 0 spiro atoms. The first-order valence-electron chi connectivity index (χ1n) is 6.87. The highest BCUT2D eigenvalue weighted by molar-refractivity contribution is 4.79. The minimum atomic E-state index is -0.562. The summed E-state index contributed by atoms with van der Waals surface area (Å²) < 4.78 is 0. The molecule has 0 aromatic heterocycles. The van der Waals surface area contributed by atoms with Gasteiger partial charge in [0.1, 0.15) is 0 Å². The van der Waals surface area contributed by atoms with Crippen LogP contribution in [0.3, 0.4) is 0 Å². The molecule has 0 fully saturated rings. The number of rotatable bonds is 9. The predicted molar refractivity (Wildman–Crippen MR) is 71.7 cm³/mol. The van der Waals surface area contributed by atoms with E-state index in [1.54, 1.807) is 0 Å². The molecule has 0 saturated carbocycles. The van der Waals surface area contributed by atoms with Gasteiger partial charge in [0.15, 0.2) is 0 Å². The van der Waals surface area contributed by atoms with Crippen molar-refractivity contribution in [3.8, 4) is 0 Å².